The molecule has 0 unspecified atom stereocenters. The highest BCUT2D eigenvalue weighted by Gasteiger charge is 2.19. The number of nitrogens with zero attached hydrogens (tertiary/aromatic N) is 1. The fourth-order valence-electron chi connectivity index (χ4n) is 1.36. The minimum absolute atomic E-state index is 0.0593. The van der Waals surface area contributed by atoms with Crippen molar-refractivity contribution in [2.75, 3.05) is 0 Å². The minimum atomic E-state index is -0.220. The molecule has 1 aromatic carbocycles. The van der Waals surface area contributed by atoms with Crippen LogP contribution in [-0.2, 0) is 0 Å². The second-order valence-corrected chi connectivity index (χ2v) is 4.20. The summed E-state index contributed by atoms with van der Waals surface area (Å²) in [5.74, 6) is 0.0593. The SMILES string of the molecule is CCC[C@@H](SC#N)C(=O)c1ccccc1. The number of thioether (sulfide) groups is 1. The molecule has 1 atom stereocenters. The van der Waals surface area contributed by atoms with E-state index in [1.807, 2.05) is 30.5 Å². The molecule has 0 aliphatic carbocycles. The van der Waals surface area contributed by atoms with Crippen LogP contribution >= 0.6 is 11.8 Å². The third-order valence-electron chi connectivity index (χ3n) is 2.10. The van der Waals surface area contributed by atoms with Gasteiger partial charge in [-0.2, -0.15) is 5.26 Å². The van der Waals surface area contributed by atoms with Crippen LogP contribution in [0.15, 0.2) is 30.3 Å². The Labute approximate surface area is 94.3 Å². The van der Waals surface area contributed by atoms with Crippen molar-refractivity contribution in [3.8, 4) is 5.40 Å². The molecule has 1 aromatic rings. The van der Waals surface area contributed by atoms with Gasteiger partial charge >= 0.3 is 0 Å². The molecule has 0 aliphatic rings. The zero-order valence-corrected chi connectivity index (χ0v) is 9.46. The zero-order chi connectivity index (χ0) is 11.1. The van der Waals surface area contributed by atoms with E-state index in [0.29, 0.717) is 5.56 Å². The molecule has 1 rings (SSSR count). The summed E-state index contributed by atoms with van der Waals surface area (Å²) >= 11 is 1.06. The monoisotopic (exact) mass is 219 g/mol. The van der Waals surface area contributed by atoms with Gasteiger partial charge in [0.15, 0.2) is 5.78 Å². The Morgan fingerprint density at radius 1 is 1.47 bits per heavy atom. The van der Waals surface area contributed by atoms with Gasteiger partial charge in [-0.25, -0.2) is 0 Å². The van der Waals surface area contributed by atoms with Gasteiger partial charge in [-0.15, -0.1) is 0 Å². The van der Waals surface area contributed by atoms with Crippen LogP contribution in [0, 0.1) is 10.7 Å². The van der Waals surface area contributed by atoms with Crippen molar-refractivity contribution in [1.29, 1.82) is 5.26 Å². The molecule has 0 heterocycles. The van der Waals surface area contributed by atoms with E-state index in [9.17, 15) is 4.79 Å². The summed E-state index contributed by atoms with van der Waals surface area (Å²) in [6.07, 6.45) is 1.67. The number of hydrogen-bond donors (Lipinski definition) is 0. The first-order chi connectivity index (χ1) is 7.29. The highest BCUT2D eigenvalue weighted by atomic mass is 32.2. The average Bonchev–Trinajstić information content (AvgIpc) is 2.29. The predicted molar refractivity (Wildman–Crippen MR) is 62.7 cm³/mol. The number of rotatable bonds is 5. The molecule has 0 saturated heterocycles. The van der Waals surface area contributed by atoms with E-state index in [4.69, 9.17) is 5.26 Å². The van der Waals surface area contributed by atoms with E-state index in [0.717, 1.165) is 24.6 Å². The fraction of sp³-hybridized carbons (Fsp3) is 0.333. The Hall–Kier alpha value is -1.27. The number of nitriles is 1. The molecular weight excluding hydrogens is 206 g/mol. The Kier molecular flexibility index (Phi) is 4.92. The molecule has 0 amide bonds. The predicted octanol–water partition coefficient (Wildman–Crippen LogP) is 3.25. The second kappa shape index (κ2) is 6.26. The highest BCUT2D eigenvalue weighted by molar-refractivity contribution is 8.05. The number of thiocyanates is 1. The molecular formula is C12H13NOS. The molecule has 2 nitrogen and oxygen atoms in total. The van der Waals surface area contributed by atoms with E-state index in [2.05, 4.69) is 0 Å². The Morgan fingerprint density at radius 2 is 2.13 bits per heavy atom. The number of carbonyl (C=O) groups is 1. The zero-order valence-electron chi connectivity index (χ0n) is 8.64. The summed E-state index contributed by atoms with van der Waals surface area (Å²) in [5, 5.41) is 10.4. The standard InChI is InChI=1S/C12H13NOS/c1-2-6-11(15-9-13)12(14)10-7-4-3-5-8-10/h3-5,7-8,11H,2,6H2,1H3/t11-/m1/s1. The Balaban J connectivity index is 2.77. The maximum absolute atomic E-state index is 12.0. The summed E-state index contributed by atoms with van der Waals surface area (Å²) < 4.78 is 0. The van der Waals surface area contributed by atoms with Gasteiger partial charge in [0.1, 0.15) is 5.40 Å². The lowest BCUT2D eigenvalue weighted by atomic mass is 10.1. The van der Waals surface area contributed by atoms with Crippen LogP contribution < -0.4 is 0 Å². The first-order valence-electron chi connectivity index (χ1n) is 4.93. The van der Waals surface area contributed by atoms with Gasteiger partial charge in [0.05, 0.1) is 5.25 Å². The van der Waals surface area contributed by atoms with Gasteiger partial charge in [-0.05, 0) is 18.2 Å². The Bertz CT molecular complexity index is 356. The van der Waals surface area contributed by atoms with Gasteiger partial charge in [0.25, 0.3) is 0 Å². The number of ketones is 1. The summed E-state index contributed by atoms with van der Waals surface area (Å²) in [6, 6.07) is 9.15. The van der Waals surface area contributed by atoms with Crippen molar-refractivity contribution in [3.63, 3.8) is 0 Å². The van der Waals surface area contributed by atoms with E-state index < -0.39 is 0 Å². The average molecular weight is 219 g/mol. The van der Waals surface area contributed by atoms with Crippen LogP contribution in [0.5, 0.6) is 0 Å². The fourth-order valence-corrected chi connectivity index (χ4v) is 2.08. The highest BCUT2D eigenvalue weighted by Crippen LogP contribution is 2.20. The first kappa shape index (κ1) is 11.8. The van der Waals surface area contributed by atoms with Gasteiger partial charge in [-0.1, -0.05) is 43.7 Å². The Morgan fingerprint density at radius 3 is 2.67 bits per heavy atom. The van der Waals surface area contributed by atoms with Gasteiger partial charge in [-0.3, -0.25) is 4.79 Å². The van der Waals surface area contributed by atoms with Crippen molar-refractivity contribution >= 4 is 17.5 Å². The molecule has 0 bridgehead atoms. The molecule has 0 N–H and O–H groups in total. The number of Topliss-reactive ketones (excluding diaryl/α,β-unsaturated/α-hetero) is 1. The number of benzene rings is 1. The van der Waals surface area contributed by atoms with Crippen molar-refractivity contribution in [2.45, 2.75) is 25.0 Å². The largest absolute Gasteiger partial charge is 0.293 e. The lowest BCUT2D eigenvalue weighted by Gasteiger charge is -2.09. The minimum Gasteiger partial charge on any atom is -0.293 e. The van der Waals surface area contributed by atoms with Crippen molar-refractivity contribution in [1.82, 2.24) is 0 Å². The van der Waals surface area contributed by atoms with E-state index in [1.54, 1.807) is 12.1 Å². The summed E-state index contributed by atoms with van der Waals surface area (Å²) in [4.78, 5) is 12.0. The lowest BCUT2D eigenvalue weighted by Crippen LogP contribution is -2.16. The van der Waals surface area contributed by atoms with Crippen molar-refractivity contribution < 1.29 is 4.79 Å². The summed E-state index contributed by atoms with van der Waals surface area (Å²) in [5.41, 5.74) is 0.693. The summed E-state index contributed by atoms with van der Waals surface area (Å²) in [7, 11) is 0. The van der Waals surface area contributed by atoms with Crippen LogP contribution in [0.1, 0.15) is 30.1 Å². The number of carbonyl (C=O) groups excluding carboxylic acids is 1. The topological polar surface area (TPSA) is 40.9 Å². The van der Waals surface area contributed by atoms with Gasteiger partial charge in [0, 0.05) is 5.56 Å². The molecule has 15 heavy (non-hydrogen) atoms. The maximum atomic E-state index is 12.0. The molecule has 0 aliphatic heterocycles. The third-order valence-corrected chi connectivity index (χ3v) is 2.94. The second-order valence-electron chi connectivity index (χ2n) is 3.22. The molecule has 0 radical (unpaired) electrons. The summed E-state index contributed by atoms with van der Waals surface area (Å²) in [6.45, 7) is 2.02. The molecule has 0 fully saturated rings. The van der Waals surface area contributed by atoms with Crippen molar-refractivity contribution in [2.24, 2.45) is 0 Å². The molecule has 0 aromatic heterocycles. The van der Waals surface area contributed by atoms with Crippen LogP contribution in [0.3, 0.4) is 0 Å². The maximum Gasteiger partial charge on any atom is 0.176 e. The molecule has 0 spiro atoms. The van der Waals surface area contributed by atoms with Crippen LogP contribution in [0.25, 0.3) is 0 Å². The first-order valence-corrected chi connectivity index (χ1v) is 5.81. The normalized spacial score (nSPS) is 11.7. The van der Waals surface area contributed by atoms with Crippen LogP contribution in [-0.4, -0.2) is 11.0 Å². The molecule has 3 heteroatoms. The van der Waals surface area contributed by atoms with Gasteiger partial charge < -0.3 is 0 Å². The smallest absolute Gasteiger partial charge is 0.176 e. The van der Waals surface area contributed by atoms with E-state index in [-0.39, 0.29) is 11.0 Å². The number of hydrogen-bond acceptors (Lipinski definition) is 3. The third kappa shape index (κ3) is 3.41. The van der Waals surface area contributed by atoms with E-state index >= 15 is 0 Å². The van der Waals surface area contributed by atoms with Crippen molar-refractivity contribution in [3.05, 3.63) is 35.9 Å². The molecule has 0 saturated carbocycles. The molecule has 78 valence electrons. The lowest BCUT2D eigenvalue weighted by molar-refractivity contribution is 0.0986. The van der Waals surface area contributed by atoms with Crippen LogP contribution in [0.2, 0.25) is 0 Å². The van der Waals surface area contributed by atoms with Crippen LogP contribution in [0.4, 0.5) is 0 Å². The quantitative estimate of drug-likeness (QED) is 0.564. The van der Waals surface area contributed by atoms with Gasteiger partial charge in [0.2, 0.25) is 0 Å². The van der Waals surface area contributed by atoms with E-state index in [1.165, 1.54) is 0 Å².